The molecule has 0 unspecified atom stereocenters. The third-order valence-electron chi connectivity index (χ3n) is 3.21. The molecule has 2 rings (SSSR count). The Kier molecular flexibility index (Phi) is 2.65. The molecule has 0 aliphatic heterocycles. The lowest BCUT2D eigenvalue weighted by Crippen LogP contribution is -2.53. The highest BCUT2D eigenvalue weighted by atomic mass is 35.5. The second-order valence-electron chi connectivity index (χ2n) is 4.30. The Morgan fingerprint density at radius 1 is 1.33 bits per heavy atom. The molecule has 1 spiro atoms. The molecule has 0 heterocycles. The normalized spacial score (nSPS) is 43.7. The van der Waals surface area contributed by atoms with Crippen molar-refractivity contribution in [2.24, 2.45) is 17.1 Å². The van der Waals surface area contributed by atoms with E-state index in [0.717, 1.165) is 6.42 Å². The lowest BCUT2D eigenvalue weighted by molar-refractivity contribution is -0.0368. The van der Waals surface area contributed by atoms with Gasteiger partial charge < -0.3 is 5.73 Å². The van der Waals surface area contributed by atoms with Crippen molar-refractivity contribution in [3.8, 4) is 6.07 Å². The first-order valence-corrected chi connectivity index (χ1v) is 4.37. The standard InChI is InChI=1S/C9H14N2.ClH/c10-2-1-7-3-9(4-7)5-8(11)6-9;/h7-8H,1,3-6,11H2;1H. The van der Waals surface area contributed by atoms with Gasteiger partial charge in [-0.2, -0.15) is 5.26 Å². The van der Waals surface area contributed by atoms with E-state index in [9.17, 15) is 0 Å². The Hall–Kier alpha value is -0.260. The Labute approximate surface area is 79.5 Å². The van der Waals surface area contributed by atoms with Crippen molar-refractivity contribution in [3.63, 3.8) is 0 Å². The number of hydrogen-bond acceptors (Lipinski definition) is 2. The van der Waals surface area contributed by atoms with E-state index in [-0.39, 0.29) is 12.4 Å². The van der Waals surface area contributed by atoms with Crippen molar-refractivity contribution in [1.82, 2.24) is 0 Å². The average molecular weight is 187 g/mol. The van der Waals surface area contributed by atoms with Crippen LogP contribution in [0.3, 0.4) is 0 Å². The molecule has 2 saturated carbocycles. The highest BCUT2D eigenvalue weighted by Crippen LogP contribution is 2.58. The lowest BCUT2D eigenvalue weighted by atomic mass is 9.50. The summed E-state index contributed by atoms with van der Waals surface area (Å²) in [4.78, 5) is 0. The van der Waals surface area contributed by atoms with Gasteiger partial charge in [-0.05, 0) is 37.0 Å². The van der Waals surface area contributed by atoms with Crippen molar-refractivity contribution >= 4 is 12.4 Å². The Balaban J connectivity index is 0.000000720. The summed E-state index contributed by atoms with van der Waals surface area (Å²) in [7, 11) is 0. The number of hydrogen-bond donors (Lipinski definition) is 1. The van der Waals surface area contributed by atoms with Gasteiger partial charge in [-0.15, -0.1) is 12.4 Å². The van der Waals surface area contributed by atoms with Crippen LogP contribution in [0.5, 0.6) is 0 Å². The zero-order valence-corrected chi connectivity index (χ0v) is 7.94. The predicted octanol–water partition coefficient (Wildman–Crippen LogP) is 1.84. The Morgan fingerprint density at radius 3 is 2.33 bits per heavy atom. The first kappa shape index (κ1) is 9.83. The van der Waals surface area contributed by atoms with Crippen LogP contribution < -0.4 is 5.73 Å². The summed E-state index contributed by atoms with van der Waals surface area (Å²) in [6.45, 7) is 0. The molecule has 0 bridgehead atoms. The summed E-state index contributed by atoms with van der Waals surface area (Å²) >= 11 is 0. The maximum atomic E-state index is 8.44. The molecule has 2 aliphatic carbocycles. The number of halogens is 1. The van der Waals surface area contributed by atoms with E-state index < -0.39 is 0 Å². The molecule has 2 aliphatic rings. The molecule has 2 nitrogen and oxygen atoms in total. The Bertz CT molecular complexity index is 195. The second-order valence-corrected chi connectivity index (χ2v) is 4.30. The van der Waals surface area contributed by atoms with Crippen LogP contribution in [0.4, 0.5) is 0 Å². The van der Waals surface area contributed by atoms with Crippen LogP contribution in [0.2, 0.25) is 0 Å². The maximum absolute atomic E-state index is 8.44. The summed E-state index contributed by atoms with van der Waals surface area (Å²) < 4.78 is 0. The van der Waals surface area contributed by atoms with E-state index in [0.29, 0.717) is 17.4 Å². The van der Waals surface area contributed by atoms with Crippen LogP contribution in [-0.4, -0.2) is 6.04 Å². The van der Waals surface area contributed by atoms with E-state index in [1.54, 1.807) is 0 Å². The zero-order valence-electron chi connectivity index (χ0n) is 7.12. The SMILES string of the molecule is Cl.N#CCC1CC2(CC(N)C2)C1. The van der Waals surface area contributed by atoms with E-state index in [2.05, 4.69) is 6.07 Å². The van der Waals surface area contributed by atoms with Gasteiger partial charge in [0.2, 0.25) is 0 Å². The average Bonchev–Trinajstić information content (AvgIpc) is 1.80. The molecule has 0 aromatic rings. The van der Waals surface area contributed by atoms with Crippen molar-refractivity contribution in [2.45, 2.75) is 38.1 Å². The minimum Gasteiger partial charge on any atom is -0.328 e. The van der Waals surface area contributed by atoms with Crippen LogP contribution in [0.1, 0.15) is 32.1 Å². The number of nitriles is 1. The lowest BCUT2D eigenvalue weighted by Gasteiger charge is -2.56. The van der Waals surface area contributed by atoms with Gasteiger partial charge in [0, 0.05) is 12.5 Å². The van der Waals surface area contributed by atoms with Gasteiger partial charge >= 0.3 is 0 Å². The van der Waals surface area contributed by atoms with Crippen molar-refractivity contribution < 1.29 is 0 Å². The van der Waals surface area contributed by atoms with E-state index in [4.69, 9.17) is 11.0 Å². The van der Waals surface area contributed by atoms with Crippen molar-refractivity contribution in [3.05, 3.63) is 0 Å². The molecule has 0 aromatic heterocycles. The highest BCUT2D eigenvalue weighted by Gasteiger charge is 2.51. The first-order valence-electron chi connectivity index (χ1n) is 4.37. The molecule has 12 heavy (non-hydrogen) atoms. The third-order valence-corrected chi connectivity index (χ3v) is 3.21. The topological polar surface area (TPSA) is 49.8 Å². The fraction of sp³-hybridized carbons (Fsp3) is 0.889. The van der Waals surface area contributed by atoms with Gasteiger partial charge in [0.15, 0.2) is 0 Å². The fourth-order valence-corrected chi connectivity index (χ4v) is 2.82. The van der Waals surface area contributed by atoms with E-state index >= 15 is 0 Å². The Morgan fingerprint density at radius 2 is 1.92 bits per heavy atom. The molecular weight excluding hydrogens is 172 g/mol. The van der Waals surface area contributed by atoms with Gasteiger partial charge in [-0.25, -0.2) is 0 Å². The molecule has 2 fully saturated rings. The van der Waals surface area contributed by atoms with Gasteiger partial charge in [-0.3, -0.25) is 0 Å². The number of rotatable bonds is 1. The second kappa shape index (κ2) is 3.24. The molecule has 68 valence electrons. The maximum Gasteiger partial charge on any atom is 0.0624 e. The van der Waals surface area contributed by atoms with E-state index in [1.165, 1.54) is 25.7 Å². The van der Waals surface area contributed by atoms with E-state index in [1.807, 2.05) is 0 Å². The summed E-state index contributed by atoms with van der Waals surface area (Å²) in [5.74, 6) is 0.701. The predicted molar refractivity (Wildman–Crippen MR) is 49.8 cm³/mol. The smallest absolute Gasteiger partial charge is 0.0624 e. The van der Waals surface area contributed by atoms with Crippen molar-refractivity contribution in [2.75, 3.05) is 0 Å². The van der Waals surface area contributed by atoms with Crippen LogP contribution in [0.15, 0.2) is 0 Å². The van der Waals surface area contributed by atoms with Gasteiger partial charge in [-0.1, -0.05) is 0 Å². The zero-order chi connectivity index (χ0) is 7.90. The molecule has 0 radical (unpaired) electrons. The summed E-state index contributed by atoms with van der Waals surface area (Å²) in [6.07, 6.45) is 5.74. The monoisotopic (exact) mass is 186 g/mol. The molecule has 0 aromatic carbocycles. The summed E-state index contributed by atoms with van der Waals surface area (Å²) in [6, 6.07) is 2.71. The number of nitrogens with two attached hydrogens (primary N) is 1. The largest absolute Gasteiger partial charge is 0.328 e. The van der Waals surface area contributed by atoms with Gasteiger partial charge in [0.25, 0.3) is 0 Å². The minimum atomic E-state index is 0. The van der Waals surface area contributed by atoms with Crippen molar-refractivity contribution in [1.29, 1.82) is 5.26 Å². The van der Waals surface area contributed by atoms with Gasteiger partial charge in [0.05, 0.1) is 6.07 Å². The fourth-order valence-electron chi connectivity index (χ4n) is 2.82. The summed E-state index contributed by atoms with van der Waals surface area (Å²) in [5.41, 5.74) is 6.33. The van der Waals surface area contributed by atoms with Crippen LogP contribution in [0.25, 0.3) is 0 Å². The highest BCUT2D eigenvalue weighted by molar-refractivity contribution is 5.85. The van der Waals surface area contributed by atoms with Crippen LogP contribution in [0, 0.1) is 22.7 Å². The molecule has 0 amide bonds. The molecule has 2 N–H and O–H groups in total. The molecule has 3 heteroatoms. The minimum absolute atomic E-state index is 0. The molecule has 0 atom stereocenters. The van der Waals surface area contributed by atoms with Crippen LogP contribution >= 0.6 is 12.4 Å². The molecule has 0 saturated heterocycles. The molecular formula is C9H15ClN2. The van der Waals surface area contributed by atoms with Gasteiger partial charge in [0.1, 0.15) is 0 Å². The number of nitrogens with zero attached hydrogens (tertiary/aromatic N) is 1. The summed E-state index contributed by atoms with van der Waals surface area (Å²) in [5, 5.41) is 8.44. The van der Waals surface area contributed by atoms with Crippen LogP contribution in [-0.2, 0) is 0 Å². The third kappa shape index (κ3) is 1.44. The first-order chi connectivity index (χ1) is 5.24. The quantitative estimate of drug-likeness (QED) is 0.680.